The van der Waals surface area contributed by atoms with Gasteiger partial charge in [0, 0.05) is 19.4 Å². The van der Waals surface area contributed by atoms with Crippen LogP contribution in [0.1, 0.15) is 33.7 Å². The number of rotatable bonds is 4. The molecular formula is C25H22ClNO6. The summed E-state index contributed by atoms with van der Waals surface area (Å²) in [7, 11) is 0. The third-order valence-electron chi connectivity index (χ3n) is 5.76. The van der Waals surface area contributed by atoms with E-state index in [0.717, 1.165) is 17.5 Å². The molecule has 1 unspecified atom stereocenters. The molecule has 1 amide bonds. The lowest BCUT2D eigenvalue weighted by molar-refractivity contribution is -0.151. The summed E-state index contributed by atoms with van der Waals surface area (Å²) in [6.45, 7) is 1.35. The number of furan rings is 1. The number of fused-ring (bicyclic) bond motifs is 2. The number of amides is 1. The molecule has 5 rings (SSSR count). The molecule has 0 radical (unpaired) electrons. The van der Waals surface area contributed by atoms with E-state index in [1.165, 1.54) is 11.2 Å². The van der Waals surface area contributed by atoms with E-state index in [0.29, 0.717) is 48.3 Å². The van der Waals surface area contributed by atoms with Gasteiger partial charge in [-0.2, -0.15) is 0 Å². The standard InChI is InChI=1S/C25H22ClNO6/c26-19-11-16(12-22-23(19)32-10-4-9-31-22)15-33-25(29)20-13-17-5-1-2-6-18(17)14-27(20)24(28)21-7-3-8-30-21/h1-3,5-8,11-12,20H,4,9-10,13-15H2. The van der Waals surface area contributed by atoms with Crippen molar-refractivity contribution in [2.75, 3.05) is 13.2 Å². The number of carbonyl (C=O) groups excluding carboxylic acids is 2. The van der Waals surface area contributed by atoms with E-state index in [2.05, 4.69) is 0 Å². The van der Waals surface area contributed by atoms with Crippen LogP contribution in [0.4, 0.5) is 0 Å². The van der Waals surface area contributed by atoms with Crippen LogP contribution in [-0.4, -0.2) is 36.0 Å². The number of esters is 1. The second kappa shape index (κ2) is 9.19. The van der Waals surface area contributed by atoms with E-state index < -0.39 is 12.0 Å². The molecule has 0 spiro atoms. The number of benzene rings is 2. The van der Waals surface area contributed by atoms with Gasteiger partial charge in [0.25, 0.3) is 5.91 Å². The minimum Gasteiger partial charge on any atom is -0.489 e. The molecule has 8 heteroatoms. The summed E-state index contributed by atoms with van der Waals surface area (Å²) in [5.74, 6) is 0.375. The first-order chi connectivity index (χ1) is 16.1. The highest BCUT2D eigenvalue weighted by Crippen LogP contribution is 2.38. The van der Waals surface area contributed by atoms with E-state index >= 15 is 0 Å². The molecule has 2 aliphatic heterocycles. The highest BCUT2D eigenvalue weighted by molar-refractivity contribution is 6.32. The van der Waals surface area contributed by atoms with Crippen LogP contribution in [0.5, 0.6) is 11.5 Å². The first kappa shape index (κ1) is 21.4. The van der Waals surface area contributed by atoms with Crippen molar-refractivity contribution in [3.05, 3.63) is 82.3 Å². The molecule has 170 valence electrons. The molecule has 0 aliphatic carbocycles. The summed E-state index contributed by atoms with van der Waals surface area (Å²) < 4.78 is 22.3. The molecule has 0 saturated heterocycles. The Morgan fingerprint density at radius 3 is 2.70 bits per heavy atom. The van der Waals surface area contributed by atoms with E-state index in [-0.39, 0.29) is 18.3 Å². The quantitative estimate of drug-likeness (QED) is 0.529. The maximum Gasteiger partial charge on any atom is 0.329 e. The van der Waals surface area contributed by atoms with Crippen molar-refractivity contribution in [2.24, 2.45) is 0 Å². The van der Waals surface area contributed by atoms with Gasteiger partial charge in [0.05, 0.1) is 24.5 Å². The maximum atomic E-state index is 13.2. The second-order valence-corrected chi connectivity index (χ2v) is 8.37. The number of hydrogen-bond donors (Lipinski definition) is 0. The highest BCUT2D eigenvalue weighted by Gasteiger charge is 2.37. The number of ether oxygens (including phenoxy) is 3. The maximum absolute atomic E-state index is 13.2. The first-order valence-electron chi connectivity index (χ1n) is 10.8. The third kappa shape index (κ3) is 4.41. The Balaban J connectivity index is 1.35. The summed E-state index contributed by atoms with van der Waals surface area (Å²) in [5, 5.41) is 0.404. The van der Waals surface area contributed by atoms with Crippen LogP contribution < -0.4 is 9.47 Å². The first-order valence-corrected chi connectivity index (χ1v) is 11.1. The van der Waals surface area contributed by atoms with Gasteiger partial charge in [-0.25, -0.2) is 4.79 Å². The van der Waals surface area contributed by atoms with Crippen LogP contribution in [0.2, 0.25) is 5.02 Å². The number of hydrogen-bond acceptors (Lipinski definition) is 6. The Morgan fingerprint density at radius 1 is 1.06 bits per heavy atom. The topological polar surface area (TPSA) is 78.2 Å². The smallest absolute Gasteiger partial charge is 0.329 e. The molecule has 3 aromatic rings. The molecule has 0 saturated carbocycles. The number of nitrogens with zero attached hydrogens (tertiary/aromatic N) is 1. The fraction of sp³-hybridized carbons (Fsp3) is 0.280. The van der Waals surface area contributed by atoms with Gasteiger partial charge in [-0.15, -0.1) is 0 Å². The van der Waals surface area contributed by atoms with Gasteiger partial charge in [0.2, 0.25) is 0 Å². The Labute approximate surface area is 195 Å². The van der Waals surface area contributed by atoms with Gasteiger partial charge in [-0.1, -0.05) is 35.9 Å². The van der Waals surface area contributed by atoms with Crippen molar-refractivity contribution < 1.29 is 28.2 Å². The Hall–Kier alpha value is -3.45. The normalized spacial score (nSPS) is 17.1. The summed E-state index contributed by atoms with van der Waals surface area (Å²) in [4.78, 5) is 27.7. The zero-order valence-corrected chi connectivity index (χ0v) is 18.5. The molecule has 0 fully saturated rings. The van der Waals surface area contributed by atoms with Crippen LogP contribution in [0.25, 0.3) is 0 Å². The predicted molar refractivity (Wildman–Crippen MR) is 119 cm³/mol. The van der Waals surface area contributed by atoms with Gasteiger partial charge in [0.1, 0.15) is 12.6 Å². The van der Waals surface area contributed by atoms with Crippen LogP contribution in [-0.2, 0) is 29.1 Å². The third-order valence-corrected chi connectivity index (χ3v) is 6.04. The van der Waals surface area contributed by atoms with Crippen LogP contribution in [0.15, 0.2) is 59.2 Å². The fourth-order valence-electron chi connectivity index (χ4n) is 4.11. The molecule has 1 aromatic heterocycles. The van der Waals surface area contributed by atoms with Crippen molar-refractivity contribution in [1.82, 2.24) is 4.90 Å². The van der Waals surface area contributed by atoms with Crippen molar-refractivity contribution in [1.29, 1.82) is 0 Å². The lowest BCUT2D eigenvalue weighted by Crippen LogP contribution is -2.49. The zero-order valence-electron chi connectivity index (χ0n) is 17.8. The van der Waals surface area contributed by atoms with Gasteiger partial charge >= 0.3 is 5.97 Å². The molecule has 0 bridgehead atoms. The molecule has 7 nitrogen and oxygen atoms in total. The van der Waals surface area contributed by atoms with Crippen LogP contribution in [0.3, 0.4) is 0 Å². The van der Waals surface area contributed by atoms with Gasteiger partial charge in [0.15, 0.2) is 17.3 Å². The van der Waals surface area contributed by atoms with Crippen molar-refractivity contribution in [3.8, 4) is 11.5 Å². The zero-order chi connectivity index (χ0) is 22.8. The lowest BCUT2D eigenvalue weighted by atomic mass is 9.93. The van der Waals surface area contributed by atoms with E-state index in [4.69, 9.17) is 30.2 Å². The minimum atomic E-state index is -0.770. The summed E-state index contributed by atoms with van der Waals surface area (Å²) >= 11 is 6.35. The summed E-state index contributed by atoms with van der Waals surface area (Å²) in [5.41, 5.74) is 2.69. The molecule has 0 N–H and O–H groups in total. The van der Waals surface area contributed by atoms with E-state index in [1.807, 2.05) is 24.3 Å². The van der Waals surface area contributed by atoms with Gasteiger partial charge in [-0.3, -0.25) is 4.79 Å². The largest absolute Gasteiger partial charge is 0.489 e. The summed E-state index contributed by atoms with van der Waals surface area (Å²) in [6, 6.07) is 13.7. The summed E-state index contributed by atoms with van der Waals surface area (Å²) in [6.07, 6.45) is 2.56. The fourth-order valence-corrected chi connectivity index (χ4v) is 4.39. The van der Waals surface area contributed by atoms with E-state index in [1.54, 1.807) is 24.3 Å². The molecular weight excluding hydrogens is 446 g/mol. The van der Waals surface area contributed by atoms with Gasteiger partial charge in [-0.05, 0) is 41.0 Å². The lowest BCUT2D eigenvalue weighted by Gasteiger charge is -2.34. The van der Waals surface area contributed by atoms with Crippen molar-refractivity contribution in [2.45, 2.75) is 32.0 Å². The average Bonchev–Trinajstić information content (AvgIpc) is 3.27. The average molecular weight is 468 g/mol. The Kier molecular flexibility index (Phi) is 5.96. The van der Waals surface area contributed by atoms with Crippen molar-refractivity contribution in [3.63, 3.8) is 0 Å². The van der Waals surface area contributed by atoms with Gasteiger partial charge < -0.3 is 23.5 Å². The number of halogens is 1. The SMILES string of the molecule is O=C(OCc1cc(Cl)c2c(c1)OCCCO2)C1Cc2ccccc2CN1C(=O)c1ccco1. The highest BCUT2D eigenvalue weighted by atomic mass is 35.5. The molecule has 33 heavy (non-hydrogen) atoms. The van der Waals surface area contributed by atoms with Crippen LogP contribution >= 0.6 is 11.6 Å². The minimum absolute atomic E-state index is 0.00385. The molecule has 2 aromatic carbocycles. The second-order valence-electron chi connectivity index (χ2n) is 7.96. The Morgan fingerprint density at radius 2 is 1.88 bits per heavy atom. The van der Waals surface area contributed by atoms with Crippen LogP contribution in [0, 0.1) is 0 Å². The predicted octanol–water partition coefficient (Wildman–Crippen LogP) is 4.40. The Bertz CT molecular complexity index is 1180. The monoisotopic (exact) mass is 467 g/mol. The molecule has 3 heterocycles. The number of carbonyl (C=O) groups is 2. The van der Waals surface area contributed by atoms with Crippen molar-refractivity contribution >= 4 is 23.5 Å². The molecule has 1 atom stereocenters. The van der Waals surface area contributed by atoms with E-state index in [9.17, 15) is 9.59 Å². The molecule has 2 aliphatic rings.